The lowest BCUT2D eigenvalue weighted by molar-refractivity contribution is 0.618. The number of halogens is 1. The molecular formula is C11H7FN4O. The number of H-pyrrole nitrogens is 1. The quantitative estimate of drug-likeness (QED) is 0.684. The molecule has 0 aliphatic heterocycles. The molecule has 2 heterocycles. The van der Waals surface area contributed by atoms with Crippen molar-refractivity contribution in [1.29, 1.82) is 0 Å². The molecule has 0 amide bonds. The van der Waals surface area contributed by atoms with Crippen LogP contribution in [0, 0.1) is 5.82 Å². The first kappa shape index (κ1) is 9.71. The van der Waals surface area contributed by atoms with Crippen molar-refractivity contribution >= 4 is 11.2 Å². The summed E-state index contributed by atoms with van der Waals surface area (Å²) in [6, 6.07) is 6.05. The van der Waals surface area contributed by atoms with Crippen LogP contribution in [0.25, 0.3) is 16.9 Å². The first-order valence-corrected chi connectivity index (χ1v) is 4.93. The third-order valence-electron chi connectivity index (χ3n) is 2.46. The van der Waals surface area contributed by atoms with E-state index in [4.69, 9.17) is 0 Å². The summed E-state index contributed by atoms with van der Waals surface area (Å²) >= 11 is 0. The molecule has 6 heteroatoms. The van der Waals surface area contributed by atoms with Crippen LogP contribution in [0.3, 0.4) is 0 Å². The van der Waals surface area contributed by atoms with E-state index in [1.165, 1.54) is 29.2 Å². The Labute approximate surface area is 94.6 Å². The predicted octanol–water partition coefficient (Wildman–Crippen LogP) is 1.25. The molecule has 3 rings (SSSR count). The van der Waals surface area contributed by atoms with Crippen LogP contribution in [0.4, 0.5) is 4.39 Å². The number of para-hydroxylation sites is 1. The Balaban J connectivity index is 2.42. The van der Waals surface area contributed by atoms with Gasteiger partial charge < -0.3 is 0 Å². The molecule has 0 radical (unpaired) electrons. The van der Waals surface area contributed by atoms with Gasteiger partial charge in [0.1, 0.15) is 17.7 Å². The number of nitrogens with zero attached hydrogens (tertiary/aromatic N) is 3. The number of nitrogens with one attached hydrogen (secondary N) is 1. The zero-order valence-electron chi connectivity index (χ0n) is 8.59. The van der Waals surface area contributed by atoms with Gasteiger partial charge in [0.25, 0.3) is 0 Å². The molecule has 0 aliphatic carbocycles. The zero-order chi connectivity index (χ0) is 11.8. The van der Waals surface area contributed by atoms with E-state index in [-0.39, 0.29) is 5.69 Å². The average molecular weight is 230 g/mol. The van der Waals surface area contributed by atoms with Crippen LogP contribution >= 0.6 is 0 Å². The smallest absolute Gasteiger partial charge is 0.290 e. The molecule has 0 saturated heterocycles. The minimum Gasteiger partial charge on any atom is -0.290 e. The molecule has 5 nitrogen and oxygen atoms in total. The number of imidazole rings is 1. The lowest BCUT2D eigenvalue weighted by Crippen LogP contribution is -2.15. The number of aromatic amines is 1. The fourth-order valence-corrected chi connectivity index (χ4v) is 1.72. The second kappa shape index (κ2) is 3.51. The Hall–Kier alpha value is -2.50. The molecule has 17 heavy (non-hydrogen) atoms. The molecule has 1 N–H and O–H groups in total. The Morgan fingerprint density at radius 1 is 1.29 bits per heavy atom. The van der Waals surface area contributed by atoms with Crippen molar-refractivity contribution in [1.82, 2.24) is 19.5 Å². The summed E-state index contributed by atoms with van der Waals surface area (Å²) in [5.41, 5.74) is 0.569. The standard InChI is InChI=1S/C11H7FN4O/c12-7-3-1-2-4-8(7)16-9-5-13-6-14-10(9)15-11(16)17/h1-6H,(H,13,14,15,17). The number of hydrogen-bond donors (Lipinski definition) is 1. The fourth-order valence-electron chi connectivity index (χ4n) is 1.72. The van der Waals surface area contributed by atoms with Crippen LogP contribution in [0.5, 0.6) is 0 Å². The van der Waals surface area contributed by atoms with E-state index in [2.05, 4.69) is 15.0 Å². The molecule has 0 bridgehead atoms. The first-order chi connectivity index (χ1) is 8.27. The fraction of sp³-hybridized carbons (Fsp3) is 0. The molecule has 0 saturated carbocycles. The molecule has 0 fully saturated rings. The van der Waals surface area contributed by atoms with Crippen molar-refractivity contribution in [3.05, 3.63) is 53.1 Å². The lowest BCUT2D eigenvalue weighted by atomic mass is 10.3. The van der Waals surface area contributed by atoms with Crippen molar-refractivity contribution < 1.29 is 4.39 Å². The first-order valence-electron chi connectivity index (χ1n) is 4.93. The number of benzene rings is 1. The number of rotatable bonds is 1. The molecule has 3 aromatic rings. The second-order valence-corrected chi connectivity index (χ2v) is 3.47. The van der Waals surface area contributed by atoms with Gasteiger partial charge in [0, 0.05) is 0 Å². The van der Waals surface area contributed by atoms with Gasteiger partial charge in [-0.3, -0.25) is 9.55 Å². The van der Waals surface area contributed by atoms with Gasteiger partial charge in [-0.2, -0.15) is 0 Å². The Morgan fingerprint density at radius 3 is 2.94 bits per heavy atom. The van der Waals surface area contributed by atoms with Crippen molar-refractivity contribution in [3.8, 4) is 5.69 Å². The van der Waals surface area contributed by atoms with Gasteiger partial charge in [0.15, 0.2) is 5.65 Å². The summed E-state index contributed by atoms with van der Waals surface area (Å²) in [6.07, 6.45) is 2.79. The highest BCUT2D eigenvalue weighted by atomic mass is 19.1. The van der Waals surface area contributed by atoms with Gasteiger partial charge in [-0.25, -0.2) is 19.2 Å². The van der Waals surface area contributed by atoms with E-state index in [0.717, 1.165) is 0 Å². The van der Waals surface area contributed by atoms with Crippen LogP contribution < -0.4 is 5.69 Å². The van der Waals surface area contributed by atoms with Crippen molar-refractivity contribution in [3.63, 3.8) is 0 Å². The number of aromatic nitrogens is 4. The molecule has 1 aromatic carbocycles. The van der Waals surface area contributed by atoms with Crippen LogP contribution in [-0.4, -0.2) is 19.5 Å². The summed E-state index contributed by atoms with van der Waals surface area (Å²) in [5.74, 6) is -0.473. The summed E-state index contributed by atoms with van der Waals surface area (Å²) in [4.78, 5) is 22.0. The largest absolute Gasteiger partial charge is 0.332 e. The van der Waals surface area contributed by atoms with E-state index in [9.17, 15) is 9.18 Å². The van der Waals surface area contributed by atoms with Crippen LogP contribution in [-0.2, 0) is 0 Å². The van der Waals surface area contributed by atoms with E-state index in [1.807, 2.05) is 0 Å². The summed E-state index contributed by atoms with van der Waals surface area (Å²) in [5, 5.41) is 0. The highest BCUT2D eigenvalue weighted by Crippen LogP contribution is 2.15. The van der Waals surface area contributed by atoms with Crippen molar-refractivity contribution in [2.75, 3.05) is 0 Å². The van der Waals surface area contributed by atoms with Crippen LogP contribution in [0.15, 0.2) is 41.6 Å². The SMILES string of the molecule is O=c1[nH]c2ncncc2n1-c1ccccc1F. The minimum absolute atomic E-state index is 0.179. The maximum Gasteiger partial charge on any atom is 0.332 e. The second-order valence-electron chi connectivity index (χ2n) is 3.47. The average Bonchev–Trinajstić information content (AvgIpc) is 2.66. The van der Waals surface area contributed by atoms with Gasteiger partial charge >= 0.3 is 5.69 Å². The predicted molar refractivity (Wildman–Crippen MR) is 59.4 cm³/mol. The third kappa shape index (κ3) is 1.42. The monoisotopic (exact) mass is 230 g/mol. The van der Waals surface area contributed by atoms with Crippen LogP contribution in [0.1, 0.15) is 0 Å². The van der Waals surface area contributed by atoms with E-state index >= 15 is 0 Å². The van der Waals surface area contributed by atoms with Gasteiger partial charge in [0.2, 0.25) is 0 Å². The van der Waals surface area contributed by atoms with Gasteiger partial charge in [-0.05, 0) is 12.1 Å². The summed E-state index contributed by atoms with van der Waals surface area (Å²) in [7, 11) is 0. The lowest BCUT2D eigenvalue weighted by Gasteiger charge is -2.03. The number of fused-ring (bicyclic) bond motifs is 1. The Morgan fingerprint density at radius 2 is 2.12 bits per heavy atom. The number of hydrogen-bond acceptors (Lipinski definition) is 3. The maximum atomic E-state index is 13.6. The molecule has 0 unspecified atom stereocenters. The van der Waals surface area contributed by atoms with Crippen LogP contribution in [0.2, 0.25) is 0 Å². The molecule has 84 valence electrons. The Kier molecular flexibility index (Phi) is 2.01. The molecule has 0 spiro atoms. The van der Waals surface area contributed by atoms with Crippen molar-refractivity contribution in [2.24, 2.45) is 0 Å². The highest BCUT2D eigenvalue weighted by Gasteiger charge is 2.12. The van der Waals surface area contributed by atoms with Gasteiger partial charge in [0.05, 0.1) is 11.9 Å². The topological polar surface area (TPSA) is 63.6 Å². The normalized spacial score (nSPS) is 10.9. The molecule has 2 aromatic heterocycles. The van der Waals surface area contributed by atoms with E-state index in [1.54, 1.807) is 12.1 Å². The van der Waals surface area contributed by atoms with E-state index in [0.29, 0.717) is 11.2 Å². The van der Waals surface area contributed by atoms with Gasteiger partial charge in [-0.15, -0.1) is 0 Å². The van der Waals surface area contributed by atoms with Crippen molar-refractivity contribution in [2.45, 2.75) is 0 Å². The summed E-state index contributed by atoms with van der Waals surface area (Å²) < 4.78 is 14.9. The summed E-state index contributed by atoms with van der Waals surface area (Å²) in [6.45, 7) is 0. The van der Waals surface area contributed by atoms with Gasteiger partial charge in [-0.1, -0.05) is 12.1 Å². The van der Waals surface area contributed by atoms with E-state index < -0.39 is 11.5 Å². The highest BCUT2D eigenvalue weighted by molar-refractivity contribution is 5.71. The molecule has 0 aliphatic rings. The Bertz CT molecular complexity index is 746. The third-order valence-corrected chi connectivity index (χ3v) is 2.46. The minimum atomic E-state index is -0.473. The molecular weight excluding hydrogens is 223 g/mol. The maximum absolute atomic E-state index is 13.6. The zero-order valence-corrected chi connectivity index (χ0v) is 8.59. The molecule has 0 atom stereocenters.